The highest BCUT2D eigenvalue weighted by Crippen LogP contribution is 2.22. The third-order valence-corrected chi connectivity index (χ3v) is 6.23. The molecule has 9 heteroatoms. The van der Waals surface area contributed by atoms with Crippen molar-refractivity contribution in [2.75, 3.05) is 28.2 Å². The molecule has 214 valence electrons. The summed E-state index contributed by atoms with van der Waals surface area (Å²) in [7, 11) is 5.95. The third-order valence-electron chi connectivity index (χ3n) is 6.23. The van der Waals surface area contributed by atoms with Gasteiger partial charge in [-0.2, -0.15) is 0 Å². The van der Waals surface area contributed by atoms with Crippen molar-refractivity contribution in [2.45, 2.75) is 52.1 Å². The van der Waals surface area contributed by atoms with Crippen molar-refractivity contribution in [2.24, 2.45) is 5.92 Å². The number of allylic oxidation sites excluding steroid dienone is 1. The van der Waals surface area contributed by atoms with Gasteiger partial charge in [0.25, 0.3) is 5.56 Å². The van der Waals surface area contributed by atoms with Gasteiger partial charge < -0.3 is 24.1 Å². The Morgan fingerprint density at radius 2 is 1.80 bits per heavy atom. The molecule has 1 aromatic carbocycles. The number of hydrogen-bond acceptors (Lipinski definition) is 5. The number of H-pyrrole nitrogens is 1. The van der Waals surface area contributed by atoms with Crippen LogP contribution in [0.2, 0.25) is 0 Å². The summed E-state index contributed by atoms with van der Waals surface area (Å²) in [4.78, 5) is 56.8. The van der Waals surface area contributed by atoms with Crippen LogP contribution in [0.5, 0.6) is 0 Å². The number of fused-ring (bicyclic) bond motifs is 1. The number of rotatable bonds is 12. The van der Waals surface area contributed by atoms with Crippen LogP contribution in [-0.4, -0.2) is 71.4 Å². The van der Waals surface area contributed by atoms with Gasteiger partial charge in [-0.05, 0) is 54.3 Å². The van der Waals surface area contributed by atoms with Crippen molar-refractivity contribution in [3.05, 3.63) is 81.9 Å². The maximum Gasteiger partial charge on any atom is 0.409 e. The van der Waals surface area contributed by atoms with Crippen molar-refractivity contribution < 1.29 is 21.9 Å². The molecule has 0 fully saturated rings. The van der Waals surface area contributed by atoms with Gasteiger partial charge in [0.1, 0.15) is 0 Å². The molecule has 3 rings (SSSR count). The van der Waals surface area contributed by atoms with Crippen LogP contribution in [-0.2, 0) is 33.7 Å². The number of pyridine rings is 1. The van der Waals surface area contributed by atoms with Gasteiger partial charge in [-0.1, -0.05) is 44.2 Å². The Morgan fingerprint density at radius 1 is 1.07 bits per heavy atom. The average molecular weight is 551 g/mol. The molecule has 3 aromatic rings. The van der Waals surface area contributed by atoms with Crippen LogP contribution in [0.15, 0.2) is 59.5 Å². The van der Waals surface area contributed by atoms with E-state index in [2.05, 4.69) is 24.9 Å². The minimum atomic E-state index is -2.34. The van der Waals surface area contributed by atoms with Gasteiger partial charge in [-0.15, -0.1) is 0 Å². The Balaban J connectivity index is 1.85. The van der Waals surface area contributed by atoms with Gasteiger partial charge >= 0.3 is 6.09 Å². The summed E-state index contributed by atoms with van der Waals surface area (Å²) in [6.07, 6.45) is -0.779. The summed E-state index contributed by atoms with van der Waals surface area (Å²) in [6, 6.07) is 11.3. The number of likely N-dealkylation sites (N-methyl/N-ethyl adjacent to an activating group) is 1. The zero-order chi connectivity index (χ0) is 31.2. The Morgan fingerprint density at radius 3 is 2.48 bits per heavy atom. The highest BCUT2D eigenvalue weighted by molar-refractivity contribution is 5.88. The molecule has 0 saturated carbocycles. The number of hydrogen-bond donors (Lipinski definition) is 1. The van der Waals surface area contributed by atoms with E-state index in [0.29, 0.717) is 5.92 Å². The number of carbonyl (C=O) groups is 3. The minimum Gasteiger partial charge on any atom is -0.438 e. The smallest absolute Gasteiger partial charge is 0.409 e. The maximum absolute atomic E-state index is 13.4. The zero-order valence-corrected chi connectivity index (χ0v) is 24.1. The molecule has 2 heterocycles. The lowest BCUT2D eigenvalue weighted by Crippen LogP contribution is -2.35. The molecule has 1 unspecified atom stereocenters. The Kier molecular flexibility index (Phi) is 9.45. The fourth-order valence-electron chi connectivity index (χ4n) is 4.19. The van der Waals surface area contributed by atoms with Gasteiger partial charge in [0.05, 0.1) is 6.54 Å². The number of ketones is 1. The number of aromatic nitrogens is 2. The fraction of sp³-hybridized carbons (Fsp3) is 0.419. The predicted octanol–water partition coefficient (Wildman–Crippen LogP) is 4.18. The van der Waals surface area contributed by atoms with E-state index >= 15 is 0 Å². The first-order chi connectivity index (χ1) is 19.7. The number of nitrogens with one attached hydrogen (secondary N) is 1. The van der Waals surface area contributed by atoms with Crippen LogP contribution in [0.4, 0.5) is 4.79 Å². The number of nitrogens with zero attached hydrogens (tertiary/aromatic N) is 3. The number of carbonyl (C=O) groups excluding carboxylic acids is 3. The summed E-state index contributed by atoms with van der Waals surface area (Å²) >= 11 is 0. The van der Waals surface area contributed by atoms with Crippen molar-refractivity contribution in [1.82, 2.24) is 19.4 Å². The molecule has 0 radical (unpaired) electrons. The molecule has 0 aliphatic rings. The number of amides is 2. The number of ether oxygens (including phenoxy) is 1. The SMILES string of the molecule is [2H]C([2H])(C/C=C/C(=O)N(C)C)C(OC(=O)N(C)C)C(=O)Cc1cccn(Cc2cc3cccc(CC(C)C)c3[nH]2)c1=O. The second kappa shape index (κ2) is 13.8. The van der Waals surface area contributed by atoms with E-state index in [0.717, 1.165) is 27.9 Å². The molecule has 40 heavy (non-hydrogen) atoms. The summed E-state index contributed by atoms with van der Waals surface area (Å²) < 4.78 is 23.8. The predicted molar refractivity (Wildman–Crippen MR) is 156 cm³/mol. The standard InChI is InChI=1S/C31H40N4O5/c1-21(2)17-22-11-9-12-23-18-25(32-29(22)23)20-35-16-10-13-24(30(35)38)19-26(36)27(40-31(39)34(5)6)14-7-8-15-28(37)33(3)4/h8-13,15-16,18,21,27,32H,7,14,17,19-20H2,1-6H3/b15-8+/i14D2. The molecule has 1 N–H and O–H groups in total. The van der Waals surface area contributed by atoms with Crippen LogP contribution in [0.25, 0.3) is 10.9 Å². The largest absolute Gasteiger partial charge is 0.438 e. The van der Waals surface area contributed by atoms with Crippen molar-refractivity contribution in [1.29, 1.82) is 0 Å². The quantitative estimate of drug-likeness (QED) is 0.341. The second-order valence-corrected chi connectivity index (χ2v) is 10.6. The molecule has 2 aromatic heterocycles. The summed E-state index contributed by atoms with van der Waals surface area (Å²) in [5, 5.41) is 1.05. The number of para-hydroxylation sites is 1. The molecular formula is C31H40N4O5. The number of benzene rings is 1. The van der Waals surface area contributed by atoms with E-state index in [-0.39, 0.29) is 24.4 Å². The Hall–Kier alpha value is -4.14. The lowest BCUT2D eigenvalue weighted by Gasteiger charge is -2.19. The Bertz CT molecular complexity index is 1520. The topological polar surface area (TPSA) is 105 Å². The first-order valence-corrected chi connectivity index (χ1v) is 13.3. The van der Waals surface area contributed by atoms with Crippen molar-refractivity contribution in [3.63, 3.8) is 0 Å². The van der Waals surface area contributed by atoms with Crippen LogP contribution in [0.1, 0.15) is 46.2 Å². The highest BCUT2D eigenvalue weighted by atomic mass is 16.6. The van der Waals surface area contributed by atoms with E-state index < -0.39 is 36.3 Å². The lowest BCUT2D eigenvalue weighted by atomic mass is 10.0. The first-order valence-electron chi connectivity index (χ1n) is 14.3. The van der Waals surface area contributed by atoms with Crippen molar-refractivity contribution >= 4 is 28.7 Å². The van der Waals surface area contributed by atoms with Crippen LogP contribution in [0, 0.1) is 5.92 Å². The van der Waals surface area contributed by atoms with E-state index in [1.54, 1.807) is 26.4 Å². The normalized spacial score (nSPS) is 13.3. The minimum absolute atomic E-state index is 0.152. The number of Topliss-reactive ketones (excluding diaryl/α,β-unsaturated/α-hetero) is 1. The summed E-state index contributed by atoms with van der Waals surface area (Å²) in [6.45, 7) is 4.58. The van der Waals surface area contributed by atoms with E-state index in [1.165, 1.54) is 47.3 Å². The molecule has 2 amide bonds. The second-order valence-electron chi connectivity index (χ2n) is 10.6. The third kappa shape index (κ3) is 8.18. The average Bonchev–Trinajstić information content (AvgIpc) is 3.32. The van der Waals surface area contributed by atoms with E-state index in [9.17, 15) is 19.2 Å². The Labute approximate surface area is 238 Å². The monoisotopic (exact) mass is 550 g/mol. The van der Waals surface area contributed by atoms with Gasteiger partial charge in [0, 0.05) is 60.3 Å². The molecule has 0 spiro atoms. The lowest BCUT2D eigenvalue weighted by molar-refractivity contribution is -0.127. The maximum atomic E-state index is 13.4. The number of aromatic amines is 1. The van der Waals surface area contributed by atoms with E-state index in [4.69, 9.17) is 7.48 Å². The molecule has 9 nitrogen and oxygen atoms in total. The van der Waals surface area contributed by atoms with E-state index in [1.807, 2.05) is 18.2 Å². The van der Waals surface area contributed by atoms with Gasteiger partial charge in [0.15, 0.2) is 11.9 Å². The molecular weight excluding hydrogens is 508 g/mol. The van der Waals surface area contributed by atoms with Crippen LogP contribution in [0.3, 0.4) is 0 Å². The molecule has 0 aliphatic carbocycles. The fourth-order valence-corrected chi connectivity index (χ4v) is 4.19. The summed E-state index contributed by atoms with van der Waals surface area (Å²) in [5.41, 5.74) is 2.82. The zero-order valence-electron chi connectivity index (χ0n) is 26.1. The molecule has 0 saturated heterocycles. The van der Waals surface area contributed by atoms with Gasteiger partial charge in [0.2, 0.25) is 5.91 Å². The van der Waals surface area contributed by atoms with Crippen LogP contribution >= 0.6 is 0 Å². The van der Waals surface area contributed by atoms with Crippen molar-refractivity contribution in [3.8, 4) is 0 Å². The molecule has 0 bridgehead atoms. The highest BCUT2D eigenvalue weighted by Gasteiger charge is 2.24. The first kappa shape index (κ1) is 27.4. The van der Waals surface area contributed by atoms with Gasteiger partial charge in [-0.3, -0.25) is 14.4 Å². The van der Waals surface area contributed by atoms with Gasteiger partial charge in [-0.25, -0.2) is 4.79 Å². The molecule has 1 atom stereocenters. The molecule has 0 aliphatic heterocycles. The van der Waals surface area contributed by atoms with Crippen LogP contribution < -0.4 is 5.56 Å². The summed E-state index contributed by atoms with van der Waals surface area (Å²) in [5.74, 6) is -0.626.